The number of fused-ring (bicyclic) bond motifs is 1. The molecule has 0 aliphatic carbocycles. The molecule has 0 radical (unpaired) electrons. The second-order valence-electron chi connectivity index (χ2n) is 6.91. The van der Waals surface area contributed by atoms with E-state index in [1.54, 1.807) is 0 Å². The summed E-state index contributed by atoms with van der Waals surface area (Å²) < 4.78 is 0. The summed E-state index contributed by atoms with van der Waals surface area (Å²) in [5.74, 6) is 0.442. The largest absolute Gasteiger partial charge is 0.338 e. The molecule has 1 amide bonds. The fourth-order valence-electron chi connectivity index (χ4n) is 3.82. The lowest BCUT2D eigenvalue weighted by Gasteiger charge is -2.29. The Morgan fingerprint density at radius 1 is 1.24 bits per heavy atom. The third-order valence-corrected chi connectivity index (χ3v) is 6.25. The van der Waals surface area contributed by atoms with Crippen LogP contribution < -0.4 is 0 Å². The number of hydrogen-bond acceptors (Lipinski definition) is 4. The average Bonchev–Trinajstić information content (AvgIpc) is 3.30. The lowest BCUT2D eigenvalue weighted by atomic mass is 10.0. The molecule has 2 aliphatic heterocycles. The minimum absolute atomic E-state index is 0.124. The van der Waals surface area contributed by atoms with Crippen molar-refractivity contribution in [3.05, 3.63) is 57.3 Å². The molecule has 4 rings (SSSR count). The second kappa shape index (κ2) is 6.99. The van der Waals surface area contributed by atoms with Gasteiger partial charge in [-0.05, 0) is 54.1 Å². The lowest BCUT2D eigenvalue weighted by molar-refractivity contribution is -0.136. The van der Waals surface area contributed by atoms with E-state index in [2.05, 4.69) is 22.4 Å². The molecule has 0 spiro atoms. The van der Waals surface area contributed by atoms with Crippen molar-refractivity contribution in [1.29, 1.82) is 5.26 Å². The molecule has 5 heteroatoms. The lowest BCUT2D eigenvalue weighted by Crippen LogP contribution is -2.40. The molecule has 1 atom stereocenters. The molecule has 2 aliphatic rings. The van der Waals surface area contributed by atoms with Crippen molar-refractivity contribution >= 4 is 17.2 Å². The van der Waals surface area contributed by atoms with Crippen LogP contribution in [0.1, 0.15) is 28.0 Å². The summed E-state index contributed by atoms with van der Waals surface area (Å²) in [4.78, 5) is 18.7. The Bertz CT molecular complexity index is 805. The van der Waals surface area contributed by atoms with Crippen LogP contribution in [0.3, 0.4) is 0 Å². The Labute approximate surface area is 152 Å². The molecule has 0 saturated carbocycles. The average molecular weight is 351 g/mol. The van der Waals surface area contributed by atoms with Gasteiger partial charge >= 0.3 is 0 Å². The van der Waals surface area contributed by atoms with Gasteiger partial charge in [0.1, 0.15) is 0 Å². The Morgan fingerprint density at radius 3 is 2.88 bits per heavy atom. The van der Waals surface area contributed by atoms with Gasteiger partial charge in [0, 0.05) is 31.1 Å². The minimum Gasteiger partial charge on any atom is -0.338 e. The number of hydrogen-bond donors (Lipinski definition) is 0. The number of amides is 1. The first-order valence-electron chi connectivity index (χ1n) is 8.78. The van der Waals surface area contributed by atoms with Crippen molar-refractivity contribution in [3.8, 4) is 6.07 Å². The topological polar surface area (TPSA) is 47.3 Å². The highest BCUT2D eigenvalue weighted by molar-refractivity contribution is 7.10. The maximum absolute atomic E-state index is 12.9. The highest BCUT2D eigenvalue weighted by atomic mass is 32.1. The van der Waals surface area contributed by atoms with Gasteiger partial charge in [0.2, 0.25) is 5.91 Å². The van der Waals surface area contributed by atoms with Gasteiger partial charge in [0.05, 0.1) is 17.6 Å². The zero-order chi connectivity index (χ0) is 17.2. The van der Waals surface area contributed by atoms with Gasteiger partial charge in [-0.1, -0.05) is 12.1 Å². The zero-order valence-corrected chi connectivity index (χ0v) is 15.0. The molecule has 1 saturated heterocycles. The van der Waals surface area contributed by atoms with Crippen LogP contribution in [0.25, 0.3) is 0 Å². The van der Waals surface area contributed by atoms with Crippen molar-refractivity contribution in [1.82, 2.24) is 9.80 Å². The Kier molecular flexibility index (Phi) is 4.56. The first-order valence-corrected chi connectivity index (χ1v) is 9.66. The molecule has 1 aromatic carbocycles. The van der Waals surface area contributed by atoms with Crippen LogP contribution in [0.4, 0.5) is 0 Å². The SMILES string of the molecule is N#Cc1ccc(CN2CCC(C(=O)N3CCc4sccc4C3)C2)cc1. The molecular weight excluding hydrogens is 330 g/mol. The van der Waals surface area contributed by atoms with E-state index in [0.29, 0.717) is 11.5 Å². The number of nitrogens with zero attached hydrogens (tertiary/aromatic N) is 3. The van der Waals surface area contributed by atoms with Gasteiger partial charge in [0.25, 0.3) is 0 Å². The van der Waals surface area contributed by atoms with Crippen molar-refractivity contribution in [2.24, 2.45) is 5.92 Å². The van der Waals surface area contributed by atoms with E-state index in [4.69, 9.17) is 5.26 Å². The van der Waals surface area contributed by atoms with Gasteiger partial charge in [-0.3, -0.25) is 9.69 Å². The smallest absolute Gasteiger partial charge is 0.227 e. The molecule has 25 heavy (non-hydrogen) atoms. The zero-order valence-electron chi connectivity index (χ0n) is 14.1. The number of rotatable bonds is 3. The normalized spacial score (nSPS) is 20.3. The standard InChI is InChI=1S/C20H21N3OS/c21-11-15-1-3-16(4-2-15)12-22-8-5-18(13-22)20(24)23-9-6-19-17(14-23)7-10-25-19/h1-4,7,10,18H,5-6,8-9,12-14H2. The van der Waals surface area contributed by atoms with Gasteiger partial charge in [-0.2, -0.15) is 5.26 Å². The highest BCUT2D eigenvalue weighted by Gasteiger charge is 2.32. The van der Waals surface area contributed by atoms with Crippen LogP contribution in [0.2, 0.25) is 0 Å². The summed E-state index contributed by atoms with van der Waals surface area (Å²) in [6, 6.07) is 12.0. The van der Waals surface area contributed by atoms with E-state index < -0.39 is 0 Å². The first-order chi connectivity index (χ1) is 12.2. The van der Waals surface area contributed by atoms with Gasteiger partial charge < -0.3 is 4.90 Å². The number of thiophene rings is 1. The Hall–Kier alpha value is -2.16. The molecule has 128 valence electrons. The predicted molar refractivity (Wildman–Crippen MR) is 98.0 cm³/mol. The maximum Gasteiger partial charge on any atom is 0.227 e. The van der Waals surface area contributed by atoms with Crippen LogP contribution in [0.5, 0.6) is 0 Å². The quantitative estimate of drug-likeness (QED) is 0.854. The molecule has 0 N–H and O–H groups in total. The fraction of sp³-hybridized carbons (Fsp3) is 0.400. The summed E-state index contributed by atoms with van der Waals surface area (Å²) in [6.07, 6.45) is 1.95. The van der Waals surface area contributed by atoms with Crippen LogP contribution in [-0.4, -0.2) is 35.3 Å². The molecular formula is C20H21N3OS. The van der Waals surface area contributed by atoms with E-state index in [1.165, 1.54) is 16.0 Å². The van der Waals surface area contributed by atoms with Crippen LogP contribution in [0, 0.1) is 17.2 Å². The van der Waals surface area contributed by atoms with E-state index >= 15 is 0 Å². The van der Waals surface area contributed by atoms with Crippen LogP contribution in [-0.2, 0) is 24.3 Å². The minimum atomic E-state index is 0.124. The molecule has 1 unspecified atom stereocenters. The summed E-state index contributed by atoms with van der Waals surface area (Å²) in [7, 11) is 0. The summed E-state index contributed by atoms with van der Waals surface area (Å²) in [5.41, 5.74) is 3.22. The summed E-state index contributed by atoms with van der Waals surface area (Å²) in [5, 5.41) is 11.0. The first kappa shape index (κ1) is 16.3. The fourth-order valence-corrected chi connectivity index (χ4v) is 4.71. The molecule has 3 heterocycles. The van der Waals surface area contributed by atoms with Crippen molar-refractivity contribution in [2.45, 2.75) is 25.9 Å². The van der Waals surface area contributed by atoms with Crippen molar-refractivity contribution < 1.29 is 4.79 Å². The van der Waals surface area contributed by atoms with Crippen molar-refractivity contribution in [3.63, 3.8) is 0 Å². The maximum atomic E-state index is 12.9. The third kappa shape index (κ3) is 3.46. The number of benzene rings is 1. The second-order valence-corrected chi connectivity index (χ2v) is 7.91. The predicted octanol–water partition coefficient (Wildman–Crippen LogP) is 3.03. The van der Waals surface area contributed by atoms with Crippen LogP contribution >= 0.6 is 11.3 Å². The number of nitriles is 1. The van der Waals surface area contributed by atoms with E-state index in [1.807, 2.05) is 40.5 Å². The monoisotopic (exact) mass is 351 g/mol. The molecule has 1 fully saturated rings. The third-order valence-electron chi connectivity index (χ3n) is 5.23. The molecule has 0 bridgehead atoms. The van der Waals surface area contributed by atoms with Gasteiger partial charge in [0.15, 0.2) is 0 Å². The summed E-state index contributed by atoms with van der Waals surface area (Å²) in [6.45, 7) is 4.30. The van der Waals surface area contributed by atoms with Gasteiger partial charge in [-0.25, -0.2) is 0 Å². The molecule has 4 nitrogen and oxygen atoms in total. The summed E-state index contributed by atoms with van der Waals surface area (Å²) >= 11 is 1.81. The van der Waals surface area contributed by atoms with Crippen molar-refractivity contribution in [2.75, 3.05) is 19.6 Å². The Balaban J connectivity index is 1.34. The van der Waals surface area contributed by atoms with Gasteiger partial charge in [-0.15, -0.1) is 11.3 Å². The Morgan fingerprint density at radius 2 is 2.08 bits per heavy atom. The molecule has 2 aromatic rings. The molecule has 1 aromatic heterocycles. The van der Waals surface area contributed by atoms with E-state index in [-0.39, 0.29) is 5.92 Å². The van der Waals surface area contributed by atoms with Crippen LogP contribution in [0.15, 0.2) is 35.7 Å². The number of carbonyl (C=O) groups is 1. The highest BCUT2D eigenvalue weighted by Crippen LogP contribution is 2.27. The number of carbonyl (C=O) groups excluding carboxylic acids is 1. The van der Waals surface area contributed by atoms with E-state index in [0.717, 1.165) is 45.6 Å². The van der Waals surface area contributed by atoms with E-state index in [9.17, 15) is 4.79 Å². The number of likely N-dealkylation sites (tertiary alicyclic amines) is 1.